The van der Waals surface area contributed by atoms with Gasteiger partial charge in [-0.05, 0) is 96.9 Å². The summed E-state index contributed by atoms with van der Waals surface area (Å²) in [7, 11) is 0. The van der Waals surface area contributed by atoms with Crippen LogP contribution in [0.5, 0.6) is 11.5 Å². The first-order valence-corrected chi connectivity index (χ1v) is 29.2. The number of carbonyl (C=O) groups is 11. The van der Waals surface area contributed by atoms with Crippen molar-refractivity contribution in [2.75, 3.05) is 29.8 Å². The Morgan fingerprint density at radius 2 is 0.887 bits per heavy atom. The Morgan fingerprint density at radius 1 is 0.512 bits per heavy atom. The van der Waals surface area contributed by atoms with E-state index < -0.39 is 144 Å². The highest BCUT2D eigenvalue weighted by Gasteiger charge is 2.37. The molecule has 0 aromatic heterocycles. The van der Waals surface area contributed by atoms with Crippen LogP contribution in [0.1, 0.15) is 83.8 Å². The number of aromatic hydroxyl groups is 2. The van der Waals surface area contributed by atoms with Gasteiger partial charge < -0.3 is 74.4 Å². The lowest BCUT2D eigenvalue weighted by Crippen LogP contribution is -2.62. The van der Waals surface area contributed by atoms with Crippen molar-refractivity contribution >= 4 is 101 Å². The molecule has 0 bridgehead atoms. The Bertz CT molecular complexity index is 2420. The van der Waals surface area contributed by atoms with Crippen LogP contribution >= 0.6 is 36.2 Å². The molecule has 80 heavy (non-hydrogen) atoms. The van der Waals surface area contributed by atoms with E-state index in [2.05, 4.69) is 55.2 Å². The number of amides is 9. The number of nitrogens with one attached hydrogen (secondary N) is 8. The highest BCUT2D eigenvalue weighted by Crippen LogP contribution is 2.17. The lowest BCUT2D eigenvalue weighted by atomic mass is 9.96. The number of thiol groups is 1. The molecule has 2 rings (SSSR count). The number of primary amides is 1. The number of benzene rings is 2. The quantitative estimate of drug-likeness (QED) is 0.0377. The number of hydrogen-bond donors (Lipinski definition) is 15. The number of thioether (sulfide) groups is 2. The minimum Gasteiger partial charge on any atom is -0.508 e. The molecular formula is C52H78N10O15S3. The van der Waals surface area contributed by atoms with Gasteiger partial charge in [-0.15, -0.1) is 0 Å². The number of aliphatic carboxylic acids is 2. The Balaban J connectivity index is 2.50. The SMILES string of the molecule is CC[C@H](C)[C@H](NC(=O)[C@H](Cc1ccc(O)cc1)NC(=O)[C@@H](N)CCC(N)=O)C(=O)N[C@@H](Cc1ccc(O)cc1)C(=O)N[C@@H](CCSC)C(=O)N[C@H](C(=O)N[C@@H](CCSC)C(=O)N[C@@H](CCC(=O)O)C(=O)N[C@@H](CS)C(=O)O)C(C)C. The van der Waals surface area contributed by atoms with Crippen molar-refractivity contribution in [3.05, 3.63) is 59.7 Å². The van der Waals surface area contributed by atoms with Crippen LogP contribution in [0.25, 0.3) is 0 Å². The zero-order chi connectivity index (χ0) is 60.2. The molecule has 25 nitrogen and oxygen atoms in total. The van der Waals surface area contributed by atoms with Gasteiger partial charge in [0.15, 0.2) is 0 Å². The molecule has 0 aliphatic carbocycles. The molecule has 0 saturated carbocycles. The smallest absolute Gasteiger partial charge is 0.327 e. The number of phenolic OH excluding ortho intramolecular Hbond substituents is 2. The lowest BCUT2D eigenvalue weighted by molar-refractivity contribution is -0.142. The average Bonchev–Trinajstić information content (AvgIpc) is 3.41. The van der Waals surface area contributed by atoms with Gasteiger partial charge in [-0.1, -0.05) is 58.4 Å². The van der Waals surface area contributed by atoms with E-state index in [0.717, 1.165) is 0 Å². The predicted octanol–water partition coefficient (Wildman–Crippen LogP) is -0.558. The fourth-order valence-electron chi connectivity index (χ4n) is 7.68. The van der Waals surface area contributed by atoms with Crippen LogP contribution in [0.4, 0.5) is 0 Å². The fourth-order valence-corrected chi connectivity index (χ4v) is 8.87. The predicted molar refractivity (Wildman–Crippen MR) is 304 cm³/mol. The molecule has 9 amide bonds. The second-order valence-corrected chi connectivity index (χ2v) is 21.7. The number of rotatable bonds is 37. The summed E-state index contributed by atoms with van der Waals surface area (Å²) in [5.41, 5.74) is 12.3. The topological polar surface area (TPSA) is 417 Å². The largest absolute Gasteiger partial charge is 0.508 e. The van der Waals surface area contributed by atoms with E-state index in [0.29, 0.717) is 29.1 Å². The second-order valence-electron chi connectivity index (χ2n) is 19.3. The van der Waals surface area contributed by atoms with Crippen LogP contribution in [0.2, 0.25) is 0 Å². The molecule has 0 saturated heterocycles. The van der Waals surface area contributed by atoms with Crippen LogP contribution < -0.4 is 54.0 Å². The van der Waals surface area contributed by atoms with Crippen molar-refractivity contribution in [3.63, 3.8) is 0 Å². The molecular weight excluding hydrogens is 1100 g/mol. The van der Waals surface area contributed by atoms with E-state index in [1.807, 2.05) is 0 Å². The summed E-state index contributed by atoms with van der Waals surface area (Å²) < 4.78 is 0. The second kappa shape index (κ2) is 35.8. The first-order valence-electron chi connectivity index (χ1n) is 25.8. The fraction of sp³-hybridized carbons (Fsp3) is 0.558. The molecule has 2 aromatic rings. The number of carboxylic acids is 2. The maximum Gasteiger partial charge on any atom is 0.327 e. The van der Waals surface area contributed by atoms with Gasteiger partial charge in [0.1, 0.15) is 59.8 Å². The highest BCUT2D eigenvalue weighted by atomic mass is 32.2. The molecule has 444 valence electrons. The Morgan fingerprint density at radius 3 is 1.30 bits per heavy atom. The molecule has 0 spiro atoms. The van der Waals surface area contributed by atoms with E-state index >= 15 is 0 Å². The molecule has 2 aromatic carbocycles. The van der Waals surface area contributed by atoms with Crippen LogP contribution in [-0.2, 0) is 65.6 Å². The Labute approximate surface area is 479 Å². The maximum absolute atomic E-state index is 14.6. The lowest BCUT2D eigenvalue weighted by Gasteiger charge is -2.30. The zero-order valence-electron chi connectivity index (χ0n) is 45.7. The van der Waals surface area contributed by atoms with Crippen LogP contribution in [0.15, 0.2) is 48.5 Å². The molecule has 0 unspecified atom stereocenters. The third-order valence-corrected chi connectivity index (χ3v) is 14.3. The van der Waals surface area contributed by atoms with Gasteiger partial charge in [0.2, 0.25) is 53.2 Å². The molecule has 0 fully saturated rings. The van der Waals surface area contributed by atoms with Crippen LogP contribution in [0.3, 0.4) is 0 Å². The molecule has 0 heterocycles. The van der Waals surface area contributed by atoms with Crippen molar-refractivity contribution in [2.24, 2.45) is 23.3 Å². The minimum absolute atomic E-state index is 0.00657. The number of hydrogen-bond acceptors (Lipinski definition) is 17. The summed E-state index contributed by atoms with van der Waals surface area (Å²) in [6.45, 7) is 6.67. The van der Waals surface area contributed by atoms with Crippen molar-refractivity contribution < 1.29 is 73.2 Å². The van der Waals surface area contributed by atoms with E-state index in [1.54, 1.807) is 40.2 Å². The van der Waals surface area contributed by atoms with Crippen molar-refractivity contribution in [1.29, 1.82) is 0 Å². The Kier molecular flexibility index (Phi) is 31.0. The number of nitrogens with two attached hydrogens (primary N) is 2. The van der Waals surface area contributed by atoms with E-state index in [9.17, 15) is 73.2 Å². The monoisotopic (exact) mass is 1180 g/mol. The third kappa shape index (κ3) is 24.7. The van der Waals surface area contributed by atoms with E-state index in [4.69, 9.17) is 11.5 Å². The molecule has 28 heteroatoms. The average molecular weight is 1180 g/mol. The molecule has 0 aliphatic heterocycles. The minimum atomic E-state index is -1.53. The molecule has 10 atom stereocenters. The van der Waals surface area contributed by atoms with Gasteiger partial charge in [-0.25, -0.2) is 4.79 Å². The third-order valence-electron chi connectivity index (χ3n) is 12.7. The summed E-state index contributed by atoms with van der Waals surface area (Å²) >= 11 is 6.60. The molecule has 0 radical (unpaired) electrons. The normalized spacial score (nSPS) is 14.9. The van der Waals surface area contributed by atoms with Gasteiger partial charge in [-0.3, -0.25) is 47.9 Å². The first-order chi connectivity index (χ1) is 37.7. The van der Waals surface area contributed by atoms with Gasteiger partial charge in [0.05, 0.1) is 6.04 Å². The number of carboxylic acid groups (broad SMARTS) is 2. The van der Waals surface area contributed by atoms with Gasteiger partial charge in [0, 0.05) is 31.4 Å². The standard InChI is InChI=1S/C52H78N10O15S3/c1-7-28(4)43(62-49(73)38(25-30-10-14-32(64)15-11-30)58-44(68)33(53)16-18-40(54)65)51(75)59-37(24-29-8-12-31(63)13-9-29)48(72)56-36(21-23-80-6)47(71)61-42(27(2)3)50(74)57-35(20-22-79-5)46(70)55-34(17-19-41(66)67)45(69)60-39(26-78)52(76)77/h8-15,27-28,33-39,42-43,63-64,78H,7,16-26,53H2,1-6H3,(H2,54,65)(H,55,70)(H,56,72)(H,57,74)(H,58,68)(H,59,75)(H,60,69)(H,61,71)(H,62,73)(H,66,67)(H,76,77)/t28-,33-,34-,35-,36-,37-,38-,39-,42-,43-/m0/s1. The summed E-state index contributed by atoms with van der Waals surface area (Å²) in [4.78, 5) is 146. The Hall–Kier alpha value is -6.78. The van der Waals surface area contributed by atoms with E-state index in [1.165, 1.54) is 72.1 Å². The van der Waals surface area contributed by atoms with Crippen molar-refractivity contribution in [1.82, 2.24) is 42.5 Å². The van der Waals surface area contributed by atoms with Crippen LogP contribution in [0, 0.1) is 11.8 Å². The first kappa shape index (κ1) is 69.3. The van der Waals surface area contributed by atoms with Gasteiger partial charge in [0.25, 0.3) is 0 Å². The summed E-state index contributed by atoms with van der Waals surface area (Å²) in [6, 6.07) is -0.757. The highest BCUT2D eigenvalue weighted by molar-refractivity contribution is 7.98. The van der Waals surface area contributed by atoms with Crippen molar-refractivity contribution in [2.45, 2.75) is 140 Å². The summed E-state index contributed by atoms with van der Waals surface area (Å²) in [5.74, 6) is -11.3. The van der Waals surface area contributed by atoms with Crippen molar-refractivity contribution in [3.8, 4) is 11.5 Å². The van der Waals surface area contributed by atoms with E-state index in [-0.39, 0.29) is 55.8 Å². The van der Waals surface area contributed by atoms with Gasteiger partial charge >= 0.3 is 11.9 Å². The summed E-state index contributed by atoms with van der Waals surface area (Å²) in [5, 5.41) is 59.4. The van der Waals surface area contributed by atoms with Gasteiger partial charge in [-0.2, -0.15) is 36.2 Å². The molecule has 0 aliphatic rings. The molecule has 16 N–H and O–H groups in total. The summed E-state index contributed by atoms with van der Waals surface area (Å²) in [6.07, 6.45) is 2.21. The number of carbonyl (C=O) groups excluding carboxylic acids is 9. The van der Waals surface area contributed by atoms with Crippen LogP contribution in [-0.4, -0.2) is 170 Å². The maximum atomic E-state index is 14.6. The zero-order valence-corrected chi connectivity index (χ0v) is 48.2. The number of phenols is 2.